The molecule has 0 aliphatic heterocycles. The predicted octanol–water partition coefficient (Wildman–Crippen LogP) is 2.62. The van der Waals surface area contributed by atoms with Gasteiger partial charge in [0.05, 0.1) is 18.2 Å². The van der Waals surface area contributed by atoms with Gasteiger partial charge in [0.25, 0.3) is 5.91 Å². The fraction of sp³-hybridized carbons (Fsp3) is 0.500. The van der Waals surface area contributed by atoms with Crippen molar-refractivity contribution in [1.29, 1.82) is 0 Å². The Hall–Kier alpha value is -1.42. The number of nitrogens with one attached hydrogen (secondary N) is 1. The molecule has 0 saturated carbocycles. The molecule has 1 aromatic rings. The SMILES string of the molecule is CCOCC(NC(=O)c1ccccc1F)C(C)C. The van der Waals surface area contributed by atoms with Gasteiger partial charge in [0.15, 0.2) is 0 Å². The molecule has 1 N–H and O–H groups in total. The number of ether oxygens (including phenoxy) is 1. The highest BCUT2D eigenvalue weighted by Crippen LogP contribution is 2.08. The molecule has 1 atom stereocenters. The van der Waals surface area contributed by atoms with Crippen molar-refractivity contribution in [2.45, 2.75) is 26.8 Å². The third-order valence-corrected chi connectivity index (χ3v) is 2.74. The van der Waals surface area contributed by atoms with E-state index in [-0.39, 0.29) is 17.5 Å². The van der Waals surface area contributed by atoms with E-state index < -0.39 is 11.7 Å². The van der Waals surface area contributed by atoms with Crippen LogP contribution in [0.5, 0.6) is 0 Å². The van der Waals surface area contributed by atoms with Gasteiger partial charge in [-0.1, -0.05) is 26.0 Å². The first-order valence-electron chi connectivity index (χ1n) is 6.19. The zero-order valence-corrected chi connectivity index (χ0v) is 11.1. The number of hydrogen-bond acceptors (Lipinski definition) is 2. The van der Waals surface area contributed by atoms with Gasteiger partial charge in [-0.2, -0.15) is 0 Å². The maximum atomic E-state index is 13.5. The lowest BCUT2D eigenvalue weighted by Crippen LogP contribution is -2.42. The van der Waals surface area contributed by atoms with Gasteiger partial charge in [0, 0.05) is 6.61 Å². The van der Waals surface area contributed by atoms with Crippen molar-refractivity contribution in [3.8, 4) is 0 Å². The van der Waals surface area contributed by atoms with E-state index in [0.717, 1.165) is 0 Å². The molecular weight excluding hydrogens is 233 g/mol. The molecule has 18 heavy (non-hydrogen) atoms. The van der Waals surface area contributed by atoms with E-state index in [9.17, 15) is 9.18 Å². The van der Waals surface area contributed by atoms with Crippen molar-refractivity contribution >= 4 is 5.91 Å². The van der Waals surface area contributed by atoms with Crippen LogP contribution in [-0.4, -0.2) is 25.2 Å². The maximum Gasteiger partial charge on any atom is 0.254 e. The van der Waals surface area contributed by atoms with Crippen LogP contribution in [0.4, 0.5) is 4.39 Å². The minimum Gasteiger partial charge on any atom is -0.380 e. The van der Waals surface area contributed by atoms with E-state index in [1.165, 1.54) is 12.1 Å². The third kappa shape index (κ3) is 4.11. The molecule has 0 radical (unpaired) electrons. The summed E-state index contributed by atoms with van der Waals surface area (Å²) in [6.07, 6.45) is 0. The Morgan fingerprint density at radius 2 is 2.06 bits per heavy atom. The molecule has 0 aliphatic rings. The molecule has 1 unspecified atom stereocenters. The van der Waals surface area contributed by atoms with E-state index in [1.807, 2.05) is 20.8 Å². The summed E-state index contributed by atoms with van der Waals surface area (Å²) in [7, 11) is 0. The van der Waals surface area contributed by atoms with Crippen LogP contribution in [0.15, 0.2) is 24.3 Å². The minimum absolute atomic E-state index is 0.0691. The number of carbonyl (C=O) groups excluding carboxylic acids is 1. The van der Waals surface area contributed by atoms with Crippen LogP contribution in [0.1, 0.15) is 31.1 Å². The second-order valence-corrected chi connectivity index (χ2v) is 4.46. The Morgan fingerprint density at radius 3 is 2.61 bits per heavy atom. The highest BCUT2D eigenvalue weighted by Gasteiger charge is 2.18. The molecule has 0 saturated heterocycles. The van der Waals surface area contributed by atoms with Crippen LogP contribution in [0.3, 0.4) is 0 Å². The van der Waals surface area contributed by atoms with Gasteiger partial charge in [-0.3, -0.25) is 4.79 Å². The monoisotopic (exact) mass is 253 g/mol. The van der Waals surface area contributed by atoms with Gasteiger partial charge in [0.2, 0.25) is 0 Å². The minimum atomic E-state index is -0.506. The highest BCUT2D eigenvalue weighted by molar-refractivity contribution is 5.94. The number of hydrogen-bond donors (Lipinski definition) is 1. The normalized spacial score (nSPS) is 12.5. The molecule has 3 nitrogen and oxygen atoms in total. The molecule has 0 aromatic heterocycles. The van der Waals surface area contributed by atoms with Crippen molar-refractivity contribution in [2.24, 2.45) is 5.92 Å². The lowest BCUT2D eigenvalue weighted by molar-refractivity contribution is 0.0803. The standard InChI is InChI=1S/C14H20FNO2/c1-4-18-9-13(10(2)3)16-14(17)11-7-5-6-8-12(11)15/h5-8,10,13H,4,9H2,1-3H3,(H,16,17). The summed E-state index contributed by atoms with van der Waals surface area (Å²) < 4.78 is 18.8. The molecule has 1 aromatic carbocycles. The largest absolute Gasteiger partial charge is 0.380 e. The number of amides is 1. The summed E-state index contributed by atoms with van der Waals surface area (Å²) in [6, 6.07) is 5.85. The molecule has 1 amide bonds. The predicted molar refractivity (Wildman–Crippen MR) is 69.0 cm³/mol. The molecule has 0 spiro atoms. The lowest BCUT2D eigenvalue weighted by Gasteiger charge is -2.22. The summed E-state index contributed by atoms with van der Waals surface area (Å²) in [4.78, 5) is 11.9. The maximum absolute atomic E-state index is 13.5. The molecule has 100 valence electrons. The third-order valence-electron chi connectivity index (χ3n) is 2.74. The van der Waals surface area contributed by atoms with E-state index >= 15 is 0 Å². The van der Waals surface area contributed by atoms with Crippen LogP contribution >= 0.6 is 0 Å². The molecule has 0 aliphatic carbocycles. The van der Waals surface area contributed by atoms with Gasteiger partial charge in [-0.05, 0) is 25.0 Å². The van der Waals surface area contributed by atoms with Crippen LogP contribution in [0.2, 0.25) is 0 Å². The quantitative estimate of drug-likeness (QED) is 0.846. The van der Waals surface area contributed by atoms with E-state index in [1.54, 1.807) is 12.1 Å². The summed E-state index contributed by atoms with van der Waals surface area (Å²) >= 11 is 0. The second kappa shape index (κ2) is 7.11. The lowest BCUT2D eigenvalue weighted by atomic mass is 10.0. The Morgan fingerprint density at radius 1 is 1.39 bits per heavy atom. The van der Waals surface area contributed by atoms with Crippen molar-refractivity contribution in [2.75, 3.05) is 13.2 Å². The Labute approximate surface area is 107 Å². The zero-order valence-electron chi connectivity index (χ0n) is 11.1. The van der Waals surface area contributed by atoms with Crippen molar-refractivity contribution in [1.82, 2.24) is 5.32 Å². The second-order valence-electron chi connectivity index (χ2n) is 4.46. The number of carbonyl (C=O) groups is 1. The van der Waals surface area contributed by atoms with Crippen LogP contribution < -0.4 is 5.32 Å². The van der Waals surface area contributed by atoms with Gasteiger partial charge in [-0.25, -0.2) is 4.39 Å². The zero-order chi connectivity index (χ0) is 13.5. The molecule has 0 bridgehead atoms. The topological polar surface area (TPSA) is 38.3 Å². The van der Waals surface area contributed by atoms with E-state index in [0.29, 0.717) is 13.2 Å². The first kappa shape index (κ1) is 14.6. The molecule has 0 heterocycles. The molecule has 0 fully saturated rings. The smallest absolute Gasteiger partial charge is 0.254 e. The van der Waals surface area contributed by atoms with Gasteiger partial charge in [0.1, 0.15) is 5.82 Å². The summed E-state index contributed by atoms with van der Waals surface area (Å²) in [5.41, 5.74) is 0.0691. The van der Waals surface area contributed by atoms with Crippen molar-refractivity contribution in [3.63, 3.8) is 0 Å². The fourth-order valence-electron chi connectivity index (χ4n) is 1.54. The molecular formula is C14H20FNO2. The van der Waals surface area contributed by atoms with E-state index in [4.69, 9.17) is 4.74 Å². The van der Waals surface area contributed by atoms with Crippen LogP contribution in [-0.2, 0) is 4.74 Å². The Balaban J connectivity index is 2.69. The number of rotatable bonds is 6. The average molecular weight is 253 g/mol. The first-order chi connectivity index (χ1) is 8.56. The first-order valence-corrected chi connectivity index (χ1v) is 6.19. The molecule has 4 heteroatoms. The van der Waals surface area contributed by atoms with Gasteiger partial charge in [-0.15, -0.1) is 0 Å². The Kier molecular flexibility index (Phi) is 5.78. The van der Waals surface area contributed by atoms with Crippen LogP contribution in [0, 0.1) is 11.7 Å². The Bertz CT molecular complexity index is 393. The van der Waals surface area contributed by atoms with Crippen molar-refractivity contribution in [3.05, 3.63) is 35.6 Å². The van der Waals surface area contributed by atoms with Crippen molar-refractivity contribution < 1.29 is 13.9 Å². The summed E-state index contributed by atoms with van der Waals surface area (Å²) in [5, 5.41) is 2.80. The fourth-order valence-corrected chi connectivity index (χ4v) is 1.54. The van der Waals surface area contributed by atoms with Gasteiger partial charge >= 0.3 is 0 Å². The summed E-state index contributed by atoms with van der Waals surface area (Å²) in [5.74, 6) is -0.673. The summed E-state index contributed by atoms with van der Waals surface area (Å²) in [6.45, 7) is 6.92. The van der Waals surface area contributed by atoms with E-state index in [2.05, 4.69) is 5.32 Å². The van der Waals surface area contributed by atoms with Gasteiger partial charge < -0.3 is 10.1 Å². The number of halogens is 1. The number of benzene rings is 1. The molecule has 1 rings (SSSR count). The van der Waals surface area contributed by atoms with Crippen LogP contribution in [0.25, 0.3) is 0 Å². The highest BCUT2D eigenvalue weighted by atomic mass is 19.1. The average Bonchev–Trinajstić information content (AvgIpc) is 2.34.